The smallest absolute Gasteiger partial charge is 0.117 e. The van der Waals surface area contributed by atoms with Crippen LogP contribution in [0, 0.1) is 0 Å². The number of nitrogen functional groups attached to an aromatic ring is 1. The van der Waals surface area contributed by atoms with E-state index in [2.05, 4.69) is 11.8 Å². The van der Waals surface area contributed by atoms with E-state index in [1.165, 1.54) is 0 Å². The molecule has 0 amide bonds. The number of benzene rings is 1. The summed E-state index contributed by atoms with van der Waals surface area (Å²) in [6.45, 7) is 4.57. The Bertz CT molecular complexity index is 497. The van der Waals surface area contributed by atoms with Gasteiger partial charge in [-0.15, -0.1) is 0 Å². The number of rotatable bonds is 5. The molecule has 0 saturated carbocycles. The summed E-state index contributed by atoms with van der Waals surface area (Å²) >= 11 is 6.17. The van der Waals surface area contributed by atoms with Crippen LogP contribution in [0.5, 0.6) is 0 Å². The number of hydrogen-bond acceptors (Lipinski definition) is 3. The third-order valence-corrected chi connectivity index (χ3v) is 3.24. The minimum atomic E-state index is 0.739. The normalized spacial score (nSPS) is 11.1. The van der Waals surface area contributed by atoms with Crippen LogP contribution >= 0.6 is 11.6 Å². The average Bonchev–Trinajstić information content (AvgIpc) is 2.85. The molecule has 2 rings (SSSR count). The van der Waals surface area contributed by atoms with Gasteiger partial charge in [-0.1, -0.05) is 18.5 Å². The summed E-state index contributed by atoms with van der Waals surface area (Å²) in [5.74, 6) is 0.955. The second kappa shape index (κ2) is 5.94. The molecular weight excluding hydrogens is 248 g/mol. The van der Waals surface area contributed by atoms with Crippen molar-refractivity contribution in [3.8, 4) is 0 Å². The monoisotopic (exact) mass is 264 g/mol. The number of halogens is 1. The molecule has 4 heteroatoms. The summed E-state index contributed by atoms with van der Waals surface area (Å²) in [6.07, 6.45) is 1.69. The lowest BCUT2D eigenvalue weighted by Crippen LogP contribution is -2.22. The zero-order valence-corrected chi connectivity index (χ0v) is 11.2. The summed E-state index contributed by atoms with van der Waals surface area (Å²) in [6, 6.07) is 9.45. The molecule has 3 nitrogen and oxygen atoms in total. The second-order valence-electron chi connectivity index (χ2n) is 4.23. The largest absolute Gasteiger partial charge is 0.468 e. The third kappa shape index (κ3) is 3.28. The SMILES string of the molecule is CCN(Cc1ccco1)Cc1cc(N)ccc1Cl. The van der Waals surface area contributed by atoms with Crippen molar-refractivity contribution in [1.29, 1.82) is 0 Å². The van der Waals surface area contributed by atoms with Crippen molar-refractivity contribution in [2.45, 2.75) is 20.0 Å². The van der Waals surface area contributed by atoms with Crippen LogP contribution in [0.3, 0.4) is 0 Å². The Labute approximate surface area is 112 Å². The number of hydrogen-bond donors (Lipinski definition) is 1. The van der Waals surface area contributed by atoms with Crippen LogP contribution in [-0.2, 0) is 13.1 Å². The first-order chi connectivity index (χ1) is 8.69. The number of furan rings is 1. The fraction of sp³-hybridized carbons (Fsp3) is 0.286. The van der Waals surface area contributed by atoms with Crippen LogP contribution in [0.15, 0.2) is 41.0 Å². The first-order valence-electron chi connectivity index (χ1n) is 5.97. The first-order valence-corrected chi connectivity index (χ1v) is 6.35. The fourth-order valence-electron chi connectivity index (χ4n) is 1.86. The highest BCUT2D eigenvalue weighted by Crippen LogP contribution is 2.21. The van der Waals surface area contributed by atoms with E-state index in [9.17, 15) is 0 Å². The molecule has 0 fully saturated rings. The maximum absolute atomic E-state index is 6.17. The van der Waals surface area contributed by atoms with Gasteiger partial charge in [0.1, 0.15) is 5.76 Å². The van der Waals surface area contributed by atoms with E-state index < -0.39 is 0 Å². The number of nitrogens with zero attached hydrogens (tertiary/aromatic N) is 1. The van der Waals surface area contributed by atoms with Crippen LogP contribution < -0.4 is 5.73 Å². The Morgan fingerprint density at radius 1 is 1.28 bits per heavy atom. The van der Waals surface area contributed by atoms with Crippen LogP contribution in [0.25, 0.3) is 0 Å². The van der Waals surface area contributed by atoms with Crippen LogP contribution in [0.4, 0.5) is 5.69 Å². The second-order valence-corrected chi connectivity index (χ2v) is 4.64. The summed E-state index contributed by atoms with van der Waals surface area (Å²) in [4.78, 5) is 2.25. The van der Waals surface area contributed by atoms with Gasteiger partial charge in [0.25, 0.3) is 0 Å². The van der Waals surface area contributed by atoms with E-state index in [0.717, 1.165) is 41.7 Å². The molecule has 0 radical (unpaired) electrons. The third-order valence-electron chi connectivity index (χ3n) is 2.87. The van der Waals surface area contributed by atoms with Gasteiger partial charge in [-0.05, 0) is 42.4 Å². The highest BCUT2D eigenvalue weighted by Gasteiger charge is 2.09. The van der Waals surface area contributed by atoms with Gasteiger partial charge < -0.3 is 10.2 Å². The van der Waals surface area contributed by atoms with Crippen LogP contribution in [-0.4, -0.2) is 11.4 Å². The molecule has 18 heavy (non-hydrogen) atoms. The number of anilines is 1. The van der Waals surface area contributed by atoms with Gasteiger partial charge in [0.15, 0.2) is 0 Å². The van der Waals surface area contributed by atoms with Gasteiger partial charge >= 0.3 is 0 Å². The molecule has 0 saturated heterocycles. The van der Waals surface area contributed by atoms with E-state index >= 15 is 0 Å². The average molecular weight is 265 g/mol. The maximum atomic E-state index is 6.17. The highest BCUT2D eigenvalue weighted by molar-refractivity contribution is 6.31. The lowest BCUT2D eigenvalue weighted by Gasteiger charge is -2.20. The van der Waals surface area contributed by atoms with Crippen molar-refractivity contribution in [2.75, 3.05) is 12.3 Å². The quantitative estimate of drug-likeness (QED) is 0.840. The fourth-order valence-corrected chi connectivity index (χ4v) is 2.04. The van der Waals surface area contributed by atoms with E-state index in [4.69, 9.17) is 21.8 Å². The van der Waals surface area contributed by atoms with Gasteiger partial charge in [-0.25, -0.2) is 0 Å². The van der Waals surface area contributed by atoms with Crippen molar-refractivity contribution in [3.05, 3.63) is 52.9 Å². The van der Waals surface area contributed by atoms with E-state index in [1.54, 1.807) is 6.26 Å². The zero-order valence-electron chi connectivity index (χ0n) is 10.4. The predicted molar refractivity (Wildman–Crippen MR) is 74.4 cm³/mol. The van der Waals surface area contributed by atoms with E-state index in [0.29, 0.717) is 0 Å². The molecule has 0 aliphatic carbocycles. The van der Waals surface area contributed by atoms with Crippen molar-refractivity contribution in [1.82, 2.24) is 4.90 Å². The Morgan fingerprint density at radius 3 is 2.78 bits per heavy atom. The summed E-state index contributed by atoms with van der Waals surface area (Å²) in [7, 11) is 0. The van der Waals surface area contributed by atoms with Crippen molar-refractivity contribution >= 4 is 17.3 Å². The van der Waals surface area contributed by atoms with E-state index in [-0.39, 0.29) is 0 Å². The molecule has 96 valence electrons. The molecule has 0 bridgehead atoms. The molecule has 0 spiro atoms. The Morgan fingerprint density at radius 2 is 2.11 bits per heavy atom. The van der Waals surface area contributed by atoms with Crippen LogP contribution in [0.2, 0.25) is 5.02 Å². The number of nitrogens with two attached hydrogens (primary N) is 1. The molecule has 0 aliphatic rings. The van der Waals surface area contributed by atoms with Crippen molar-refractivity contribution in [3.63, 3.8) is 0 Å². The molecule has 2 aromatic rings. The lowest BCUT2D eigenvalue weighted by molar-refractivity contribution is 0.248. The van der Waals surface area contributed by atoms with E-state index in [1.807, 2.05) is 30.3 Å². The molecule has 1 aromatic heterocycles. The highest BCUT2D eigenvalue weighted by atomic mass is 35.5. The van der Waals surface area contributed by atoms with Gasteiger partial charge in [0, 0.05) is 17.3 Å². The maximum Gasteiger partial charge on any atom is 0.117 e. The van der Waals surface area contributed by atoms with Gasteiger partial charge in [-0.3, -0.25) is 4.90 Å². The Balaban J connectivity index is 2.07. The van der Waals surface area contributed by atoms with Gasteiger partial charge in [0.2, 0.25) is 0 Å². The minimum absolute atomic E-state index is 0.739. The Hall–Kier alpha value is -1.45. The van der Waals surface area contributed by atoms with Crippen LogP contribution in [0.1, 0.15) is 18.2 Å². The lowest BCUT2D eigenvalue weighted by atomic mass is 10.2. The summed E-state index contributed by atoms with van der Waals surface area (Å²) in [5, 5.41) is 0.752. The zero-order chi connectivity index (χ0) is 13.0. The standard InChI is InChI=1S/C14H17ClN2O/c1-2-17(10-13-4-3-7-18-13)9-11-8-12(16)5-6-14(11)15/h3-8H,2,9-10,16H2,1H3. The molecule has 0 atom stereocenters. The molecule has 0 aliphatic heterocycles. The summed E-state index contributed by atoms with van der Waals surface area (Å²) in [5.41, 5.74) is 7.57. The van der Waals surface area contributed by atoms with Crippen molar-refractivity contribution in [2.24, 2.45) is 0 Å². The van der Waals surface area contributed by atoms with Crippen molar-refractivity contribution < 1.29 is 4.42 Å². The topological polar surface area (TPSA) is 42.4 Å². The Kier molecular flexibility index (Phi) is 4.28. The van der Waals surface area contributed by atoms with Gasteiger partial charge in [-0.2, -0.15) is 0 Å². The van der Waals surface area contributed by atoms with Gasteiger partial charge in [0.05, 0.1) is 12.8 Å². The minimum Gasteiger partial charge on any atom is -0.468 e. The first kappa shape index (κ1) is 13.0. The molecule has 0 unspecified atom stereocenters. The summed E-state index contributed by atoms with van der Waals surface area (Å²) < 4.78 is 5.36. The molecule has 1 aromatic carbocycles. The molecule has 2 N–H and O–H groups in total. The predicted octanol–water partition coefficient (Wildman–Crippen LogP) is 3.54. The molecule has 1 heterocycles. The molecular formula is C14H17ClN2O.